The molecule has 8 heteroatoms. The molecule has 1 heterocycles. The molecule has 0 spiro atoms. The van der Waals surface area contributed by atoms with E-state index in [2.05, 4.69) is 9.71 Å². The molecule has 2 aromatic rings. The largest absolute Gasteiger partial charge is 0.326 e. The number of hydrogen-bond donors (Lipinski definition) is 2. The molecule has 0 atom stereocenters. The van der Waals surface area contributed by atoms with Crippen LogP contribution in [-0.2, 0) is 16.6 Å². The Labute approximate surface area is 133 Å². The maximum absolute atomic E-state index is 12.4. The van der Waals surface area contributed by atoms with E-state index in [1.54, 1.807) is 12.3 Å². The van der Waals surface area contributed by atoms with Crippen LogP contribution in [0.25, 0.3) is 0 Å². The summed E-state index contributed by atoms with van der Waals surface area (Å²) in [6, 6.07) is 4.46. The Morgan fingerprint density at radius 3 is 2.62 bits per heavy atom. The predicted octanol–water partition coefficient (Wildman–Crippen LogP) is 2.96. The van der Waals surface area contributed by atoms with Gasteiger partial charge in [0, 0.05) is 23.3 Å². The number of anilines is 1. The van der Waals surface area contributed by atoms with Crippen LogP contribution in [0.4, 0.5) is 5.69 Å². The fourth-order valence-corrected chi connectivity index (χ4v) is 3.76. The maximum Gasteiger partial charge on any atom is 0.263 e. The van der Waals surface area contributed by atoms with E-state index in [9.17, 15) is 8.42 Å². The van der Waals surface area contributed by atoms with Crippen molar-refractivity contribution >= 4 is 38.9 Å². The fraction of sp³-hybridized carbons (Fsp3) is 0.154. The molecule has 0 radical (unpaired) electrons. The Balaban J connectivity index is 2.45. The van der Waals surface area contributed by atoms with Gasteiger partial charge in [0.2, 0.25) is 0 Å². The molecule has 0 bridgehead atoms. The van der Waals surface area contributed by atoms with E-state index < -0.39 is 10.0 Å². The summed E-state index contributed by atoms with van der Waals surface area (Å²) in [6.45, 7) is 1.86. The van der Waals surface area contributed by atoms with Gasteiger partial charge in [-0.25, -0.2) is 8.42 Å². The molecule has 1 aromatic carbocycles. The highest BCUT2D eigenvalue weighted by atomic mass is 35.5. The van der Waals surface area contributed by atoms with Crippen LogP contribution < -0.4 is 10.5 Å². The van der Waals surface area contributed by atoms with Gasteiger partial charge in [-0.1, -0.05) is 23.2 Å². The lowest BCUT2D eigenvalue weighted by atomic mass is 10.2. The van der Waals surface area contributed by atoms with Crippen molar-refractivity contribution in [2.75, 3.05) is 4.72 Å². The van der Waals surface area contributed by atoms with E-state index in [0.717, 1.165) is 5.56 Å². The van der Waals surface area contributed by atoms with Gasteiger partial charge >= 0.3 is 0 Å². The van der Waals surface area contributed by atoms with Crippen molar-refractivity contribution in [3.05, 3.63) is 51.8 Å². The SMILES string of the molecule is Cc1cncc(NS(=O)(=O)c2ccc(Cl)c(CN)c2Cl)c1. The van der Waals surface area contributed by atoms with Crippen LogP contribution in [0.5, 0.6) is 0 Å². The van der Waals surface area contributed by atoms with Gasteiger partial charge in [-0.15, -0.1) is 0 Å². The first-order valence-corrected chi connectivity index (χ1v) is 8.20. The zero-order valence-corrected chi connectivity index (χ0v) is 13.4. The third-order valence-corrected chi connectivity index (χ3v) is 5.09. The quantitative estimate of drug-likeness (QED) is 0.891. The lowest BCUT2D eigenvalue weighted by molar-refractivity contribution is 0.601. The number of nitrogens with one attached hydrogen (secondary N) is 1. The normalized spacial score (nSPS) is 11.4. The number of nitrogens with zero attached hydrogens (tertiary/aromatic N) is 1. The van der Waals surface area contributed by atoms with Gasteiger partial charge in [0.05, 0.1) is 16.9 Å². The fourth-order valence-electron chi connectivity index (χ4n) is 1.79. The van der Waals surface area contributed by atoms with Crippen LogP contribution in [0.2, 0.25) is 10.0 Å². The molecule has 0 saturated carbocycles. The molecule has 0 aliphatic carbocycles. The minimum absolute atomic E-state index is 0.0260. The summed E-state index contributed by atoms with van der Waals surface area (Å²) in [5.74, 6) is 0. The van der Waals surface area contributed by atoms with Crippen LogP contribution in [0, 0.1) is 6.92 Å². The van der Waals surface area contributed by atoms with Crippen molar-refractivity contribution < 1.29 is 8.42 Å². The van der Waals surface area contributed by atoms with Gasteiger partial charge in [-0.05, 0) is 30.7 Å². The first-order chi connectivity index (χ1) is 9.85. The summed E-state index contributed by atoms with van der Waals surface area (Å²) in [4.78, 5) is 3.86. The van der Waals surface area contributed by atoms with Crippen LogP contribution in [-0.4, -0.2) is 13.4 Å². The predicted molar refractivity (Wildman–Crippen MR) is 84.1 cm³/mol. The van der Waals surface area contributed by atoms with Crippen LogP contribution in [0.1, 0.15) is 11.1 Å². The van der Waals surface area contributed by atoms with E-state index in [4.69, 9.17) is 28.9 Å². The summed E-state index contributed by atoms with van der Waals surface area (Å²) in [7, 11) is -3.85. The molecule has 112 valence electrons. The average molecular weight is 346 g/mol. The number of pyridine rings is 1. The molecule has 0 amide bonds. The second kappa shape index (κ2) is 6.19. The van der Waals surface area contributed by atoms with Crippen LogP contribution in [0.3, 0.4) is 0 Å². The number of aromatic nitrogens is 1. The summed E-state index contributed by atoms with van der Waals surface area (Å²) in [5, 5.41) is 0.358. The number of aryl methyl sites for hydroxylation is 1. The minimum atomic E-state index is -3.85. The highest BCUT2D eigenvalue weighted by Crippen LogP contribution is 2.31. The second-order valence-electron chi connectivity index (χ2n) is 4.40. The molecular formula is C13H13Cl2N3O2S. The minimum Gasteiger partial charge on any atom is -0.326 e. The van der Waals surface area contributed by atoms with Gasteiger partial charge in [-0.3, -0.25) is 9.71 Å². The maximum atomic E-state index is 12.4. The van der Waals surface area contributed by atoms with Gasteiger partial charge in [0.15, 0.2) is 0 Å². The van der Waals surface area contributed by atoms with E-state index in [-0.39, 0.29) is 16.5 Å². The highest BCUT2D eigenvalue weighted by molar-refractivity contribution is 7.92. The van der Waals surface area contributed by atoms with E-state index in [0.29, 0.717) is 16.3 Å². The zero-order chi connectivity index (χ0) is 15.6. The molecule has 5 nitrogen and oxygen atoms in total. The molecule has 21 heavy (non-hydrogen) atoms. The van der Waals surface area contributed by atoms with Crippen LogP contribution >= 0.6 is 23.2 Å². The van der Waals surface area contributed by atoms with Gasteiger partial charge in [0.1, 0.15) is 4.90 Å². The third kappa shape index (κ3) is 3.47. The summed E-state index contributed by atoms with van der Waals surface area (Å²) < 4.78 is 27.2. The lowest BCUT2D eigenvalue weighted by Crippen LogP contribution is -2.15. The summed E-state index contributed by atoms with van der Waals surface area (Å²) in [6.07, 6.45) is 3.04. The Bertz CT molecular complexity index is 779. The molecule has 0 unspecified atom stereocenters. The van der Waals surface area contributed by atoms with Crippen LogP contribution in [0.15, 0.2) is 35.5 Å². The standard InChI is InChI=1S/C13H13Cl2N3O2S/c1-8-4-9(7-17-6-8)18-21(19,20)12-3-2-11(14)10(5-16)13(12)15/h2-4,6-7,18H,5,16H2,1H3. The number of halogens is 2. The van der Waals surface area contributed by atoms with Crippen molar-refractivity contribution in [3.8, 4) is 0 Å². The Hall–Kier alpha value is -1.34. The Morgan fingerprint density at radius 2 is 2.00 bits per heavy atom. The number of nitrogens with two attached hydrogens (primary N) is 1. The average Bonchev–Trinajstić information content (AvgIpc) is 2.38. The Kier molecular flexibility index (Phi) is 4.73. The first kappa shape index (κ1) is 16.0. The molecule has 3 N–H and O–H groups in total. The number of rotatable bonds is 4. The summed E-state index contributed by atoms with van der Waals surface area (Å²) in [5.41, 5.74) is 7.12. The Morgan fingerprint density at radius 1 is 1.29 bits per heavy atom. The smallest absolute Gasteiger partial charge is 0.263 e. The molecule has 2 rings (SSSR count). The first-order valence-electron chi connectivity index (χ1n) is 5.96. The number of sulfonamides is 1. The highest BCUT2D eigenvalue weighted by Gasteiger charge is 2.21. The van der Waals surface area contributed by atoms with Crippen molar-refractivity contribution in [3.63, 3.8) is 0 Å². The van der Waals surface area contributed by atoms with Gasteiger partial charge in [0.25, 0.3) is 10.0 Å². The van der Waals surface area contributed by atoms with Gasteiger partial charge in [-0.2, -0.15) is 0 Å². The molecule has 0 aliphatic heterocycles. The molecule has 0 saturated heterocycles. The monoisotopic (exact) mass is 345 g/mol. The van der Waals surface area contributed by atoms with Crippen molar-refractivity contribution in [1.82, 2.24) is 4.98 Å². The molecule has 0 aliphatic rings. The molecular weight excluding hydrogens is 333 g/mol. The molecule has 1 aromatic heterocycles. The van der Waals surface area contributed by atoms with Gasteiger partial charge < -0.3 is 5.73 Å². The molecule has 0 fully saturated rings. The third-order valence-electron chi connectivity index (χ3n) is 2.77. The van der Waals surface area contributed by atoms with Crippen molar-refractivity contribution in [2.24, 2.45) is 5.73 Å². The second-order valence-corrected chi connectivity index (χ2v) is 6.83. The number of hydrogen-bond acceptors (Lipinski definition) is 4. The number of benzene rings is 1. The summed E-state index contributed by atoms with van der Waals surface area (Å²) >= 11 is 12.0. The van der Waals surface area contributed by atoms with Crippen molar-refractivity contribution in [1.29, 1.82) is 0 Å². The van der Waals surface area contributed by atoms with E-state index in [1.165, 1.54) is 18.3 Å². The van der Waals surface area contributed by atoms with E-state index in [1.807, 2.05) is 6.92 Å². The van der Waals surface area contributed by atoms with Crippen molar-refractivity contribution in [2.45, 2.75) is 18.4 Å². The van der Waals surface area contributed by atoms with E-state index >= 15 is 0 Å². The zero-order valence-electron chi connectivity index (χ0n) is 11.1. The lowest BCUT2D eigenvalue weighted by Gasteiger charge is -2.12. The topological polar surface area (TPSA) is 85.1 Å².